The molecule has 0 aliphatic rings. The Balaban J connectivity index is 2.86. The van der Waals surface area contributed by atoms with Gasteiger partial charge in [0.25, 0.3) is 0 Å². The van der Waals surface area contributed by atoms with Crippen molar-refractivity contribution >= 4 is 0 Å². The molecule has 0 bridgehead atoms. The number of nitrogens with zero attached hydrogens (tertiary/aromatic N) is 1. The Morgan fingerprint density at radius 1 is 1.33 bits per heavy atom. The Labute approximate surface area is 107 Å². The number of hydrogen-bond donors (Lipinski definition) is 2. The van der Waals surface area contributed by atoms with Crippen molar-refractivity contribution in [3.8, 4) is 11.8 Å². The van der Waals surface area contributed by atoms with E-state index in [0.717, 1.165) is 5.56 Å². The van der Waals surface area contributed by atoms with Gasteiger partial charge in [-0.3, -0.25) is 4.90 Å². The zero-order valence-corrected chi connectivity index (χ0v) is 10.7. The first-order valence-electron chi connectivity index (χ1n) is 5.77. The second kappa shape index (κ2) is 7.12. The highest BCUT2D eigenvalue weighted by molar-refractivity contribution is 5.37. The van der Waals surface area contributed by atoms with E-state index >= 15 is 0 Å². The summed E-state index contributed by atoms with van der Waals surface area (Å²) in [6.07, 6.45) is 0. The molecular weight excluding hydrogens is 233 g/mol. The smallest absolute Gasteiger partial charge is 0.124 e. The number of benzene rings is 1. The third-order valence-corrected chi connectivity index (χ3v) is 2.72. The van der Waals surface area contributed by atoms with Crippen LogP contribution in [0.1, 0.15) is 18.1 Å². The molecule has 0 aromatic heterocycles. The van der Waals surface area contributed by atoms with E-state index < -0.39 is 0 Å². The van der Waals surface area contributed by atoms with Crippen molar-refractivity contribution < 1.29 is 14.6 Å². The molecule has 0 amide bonds. The van der Waals surface area contributed by atoms with Gasteiger partial charge >= 0.3 is 0 Å². The molecule has 1 rings (SSSR count). The quantitative estimate of drug-likeness (QED) is 0.784. The average molecular weight is 251 g/mol. The van der Waals surface area contributed by atoms with E-state index in [2.05, 4.69) is 11.8 Å². The maximum atomic E-state index is 13.4. The van der Waals surface area contributed by atoms with Crippen LogP contribution in [0.15, 0.2) is 18.2 Å². The first-order chi connectivity index (χ1) is 8.56. The minimum atomic E-state index is -0.347. The van der Waals surface area contributed by atoms with Gasteiger partial charge in [0.1, 0.15) is 12.4 Å². The molecule has 1 atom stereocenters. The lowest BCUT2D eigenvalue weighted by Gasteiger charge is -2.22. The summed E-state index contributed by atoms with van der Waals surface area (Å²) in [5.41, 5.74) is 1.34. The maximum Gasteiger partial charge on any atom is 0.124 e. The van der Waals surface area contributed by atoms with Crippen LogP contribution < -0.4 is 0 Å². The highest BCUT2D eigenvalue weighted by Gasteiger charge is 2.09. The SMILES string of the molecule is CC(CO)N(C)Cc1cc(F)cc(C#CCO)c1. The Morgan fingerprint density at radius 3 is 2.67 bits per heavy atom. The molecule has 1 aromatic carbocycles. The van der Waals surface area contributed by atoms with Crippen LogP contribution in [0.5, 0.6) is 0 Å². The van der Waals surface area contributed by atoms with Crippen LogP contribution in [0.2, 0.25) is 0 Å². The number of aliphatic hydroxyl groups is 2. The van der Waals surface area contributed by atoms with E-state index in [4.69, 9.17) is 10.2 Å². The van der Waals surface area contributed by atoms with Crippen LogP contribution in [0.25, 0.3) is 0 Å². The van der Waals surface area contributed by atoms with Gasteiger partial charge in [-0.05, 0) is 37.7 Å². The molecule has 0 spiro atoms. The van der Waals surface area contributed by atoms with Crippen LogP contribution in [0, 0.1) is 17.7 Å². The van der Waals surface area contributed by atoms with Crippen molar-refractivity contribution in [2.75, 3.05) is 20.3 Å². The van der Waals surface area contributed by atoms with Crippen molar-refractivity contribution in [1.82, 2.24) is 4.90 Å². The molecule has 4 heteroatoms. The van der Waals surface area contributed by atoms with Gasteiger partial charge in [-0.25, -0.2) is 4.39 Å². The van der Waals surface area contributed by atoms with Crippen LogP contribution >= 0.6 is 0 Å². The Bertz CT molecular complexity index is 451. The molecule has 1 unspecified atom stereocenters. The highest BCUT2D eigenvalue weighted by atomic mass is 19.1. The van der Waals surface area contributed by atoms with E-state index in [9.17, 15) is 4.39 Å². The molecular formula is C14H18FNO2. The Kier molecular flexibility index (Phi) is 5.79. The number of rotatable bonds is 4. The summed E-state index contributed by atoms with van der Waals surface area (Å²) in [5.74, 6) is 4.83. The van der Waals surface area contributed by atoms with Gasteiger partial charge in [-0.2, -0.15) is 0 Å². The molecule has 0 fully saturated rings. The third kappa shape index (κ3) is 4.46. The normalized spacial score (nSPS) is 12.1. The van der Waals surface area contributed by atoms with Gasteiger partial charge in [-0.1, -0.05) is 11.8 Å². The van der Waals surface area contributed by atoms with E-state index in [-0.39, 0.29) is 25.1 Å². The standard InChI is InChI=1S/C14H18FNO2/c1-11(10-18)16(2)9-13-6-12(4-3-5-17)7-14(15)8-13/h6-8,11,17-18H,5,9-10H2,1-2H3. The fourth-order valence-corrected chi connectivity index (χ4v) is 1.54. The minimum Gasteiger partial charge on any atom is -0.395 e. The summed E-state index contributed by atoms with van der Waals surface area (Å²) in [6.45, 7) is 2.25. The fourth-order valence-electron chi connectivity index (χ4n) is 1.54. The van der Waals surface area contributed by atoms with Crippen molar-refractivity contribution in [2.45, 2.75) is 19.5 Å². The fraction of sp³-hybridized carbons (Fsp3) is 0.429. The third-order valence-electron chi connectivity index (χ3n) is 2.72. The predicted octanol–water partition coefficient (Wildman–Crippen LogP) is 0.982. The summed E-state index contributed by atoms with van der Waals surface area (Å²) in [4.78, 5) is 1.93. The van der Waals surface area contributed by atoms with Gasteiger partial charge in [0, 0.05) is 18.2 Å². The van der Waals surface area contributed by atoms with Crippen LogP contribution in [-0.4, -0.2) is 41.4 Å². The van der Waals surface area contributed by atoms with Gasteiger partial charge in [-0.15, -0.1) is 0 Å². The van der Waals surface area contributed by atoms with E-state index in [1.165, 1.54) is 12.1 Å². The lowest BCUT2D eigenvalue weighted by molar-refractivity contribution is 0.154. The van der Waals surface area contributed by atoms with E-state index in [0.29, 0.717) is 12.1 Å². The summed E-state index contributed by atoms with van der Waals surface area (Å²) < 4.78 is 13.4. The first kappa shape index (κ1) is 14.7. The molecule has 0 aliphatic carbocycles. The lowest BCUT2D eigenvalue weighted by atomic mass is 10.1. The Morgan fingerprint density at radius 2 is 2.06 bits per heavy atom. The molecule has 18 heavy (non-hydrogen) atoms. The lowest BCUT2D eigenvalue weighted by Crippen LogP contribution is -2.31. The summed E-state index contributed by atoms with van der Waals surface area (Å²) >= 11 is 0. The largest absolute Gasteiger partial charge is 0.395 e. The molecule has 0 saturated carbocycles. The van der Waals surface area contributed by atoms with Crippen LogP contribution in [0.3, 0.4) is 0 Å². The average Bonchev–Trinajstić information content (AvgIpc) is 2.34. The van der Waals surface area contributed by atoms with Gasteiger partial charge < -0.3 is 10.2 Å². The predicted molar refractivity (Wildman–Crippen MR) is 68.4 cm³/mol. The molecule has 0 saturated heterocycles. The Hall–Kier alpha value is -1.41. The van der Waals surface area contributed by atoms with Crippen molar-refractivity contribution in [2.24, 2.45) is 0 Å². The summed E-state index contributed by atoms with van der Waals surface area (Å²) in [7, 11) is 1.87. The second-order valence-corrected chi connectivity index (χ2v) is 4.25. The molecule has 3 nitrogen and oxygen atoms in total. The highest BCUT2D eigenvalue weighted by Crippen LogP contribution is 2.11. The molecule has 2 N–H and O–H groups in total. The number of hydrogen-bond acceptors (Lipinski definition) is 3. The van der Waals surface area contributed by atoms with Crippen molar-refractivity contribution in [3.63, 3.8) is 0 Å². The summed E-state index contributed by atoms with van der Waals surface area (Å²) in [6, 6.07) is 4.58. The monoisotopic (exact) mass is 251 g/mol. The topological polar surface area (TPSA) is 43.7 Å². The maximum absolute atomic E-state index is 13.4. The van der Waals surface area contributed by atoms with Gasteiger partial charge in [0.05, 0.1) is 6.61 Å². The van der Waals surface area contributed by atoms with E-state index in [1.807, 2.05) is 18.9 Å². The zero-order valence-electron chi connectivity index (χ0n) is 10.7. The van der Waals surface area contributed by atoms with E-state index in [1.54, 1.807) is 6.07 Å². The molecule has 0 heterocycles. The van der Waals surface area contributed by atoms with Crippen LogP contribution in [0.4, 0.5) is 4.39 Å². The molecule has 98 valence electrons. The number of likely N-dealkylation sites (N-methyl/N-ethyl adjacent to an activating group) is 1. The molecule has 0 aliphatic heterocycles. The zero-order chi connectivity index (χ0) is 13.5. The first-order valence-corrected chi connectivity index (χ1v) is 5.77. The van der Waals surface area contributed by atoms with Gasteiger partial charge in [0.15, 0.2) is 0 Å². The van der Waals surface area contributed by atoms with Gasteiger partial charge in [0.2, 0.25) is 0 Å². The number of aliphatic hydroxyl groups excluding tert-OH is 2. The minimum absolute atomic E-state index is 0.0141. The van der Waals surface area contributed by atoms with Crippen LogP contribution in [-0.2, 0) is 6.54 Å². The summed E-state index contributed by atoms with van der Waals surface area (Å²) in [5, 5.41) is 17.7. The van der Waals surface area contributed by atoms with Crippen molar-refractivity contribution in [3.05, 3.63) is 35.1 Å². The molecule has 1 aromatic rings. The molecule has 0 radical (unpaired) electrons. The van der Waals surface area contributed by atoms with Crippen molar-refractivity contribution in [1.29, 1.82) is 0 Å². The number of halogens is 1. The second-order valence-electron chi connectivity index (χ2n) is 4.25.